The van der Waals surface area contributed by atoms with Gasteiger partial charge in [0.25, 0.3) is 11.8 Å². The van der Waals surface area contributed by atoms with E-state index in [4.69, 9.17) is 32.7 Å². The zero-order valence-electron chi connectivity index (χ0n) is 20.4. The number of amides is 2. The van der Waals surface area contributed by atoms with Crippen molar-refractivity contribution in [2.75, 3.05) is 13.2 Å². The largest absolute Gasteiger partial charge is 0.484 e. The van der Waals surface area contributed by atoms with E-state index >= 15 is 0 Å². The molecule has 13 heteroatoms. The minimum Gasteiger partial charge on any atom is -0.484 e. The molecule has 1 heterocycles. The predicted octanol–water partition coefficient (Wildman–Crippen LogP) is 4.71. The Labute approximate surface area is 231 Å². The highest BCUT2D eigenvalue weighted by atomic mass is 35.5. The van der Waals surface area contributed by atoms with Crippen LogP contribution < -0.4 is 25.4 Å². The molecule has 39 heavy (non-hydrogen) atoms. The number of ether oxygens (including phenoxy) is 2. The molecule has 0 spiro atoms. The second-order valence-electron chi connectivity index (χ2n) is 10.3. The summed E-state index contributed by atoms with van der Waals surface area (Å²) in [7, 11) is 0. The number of benzene rings is 2. The van der Waals surface area contributed by atoms with Crippen molar-refractivity contribution in [2.24, 2.45) is 5.92 Å². The number of hydrogen-bond acceptors (Lipinski definition) is 5. The maximum atomic E-state index is 13.6. The molecule has 0 radical (unpaired) electrons. The smallest absolute Gasteiger partial charge is 0.401 e. The summed E-state index contributed by atoms with van der Waals surface area (Å²) in [5, 5.41) is 8.70. The molecular weight excluding hydrogens is 565 g/mol. The Morgan fingerprint density at radius 2 is 1.87 bits per heavy atom. The molecule has 7 nitrogen and oxygen atoms in total. The summed E-state index contributed by atoms with van der Waals surface area (Å²) in [6.07, 6.45) is -3.62. The molecule has 2 amide bonds. The van der Waals surface area contributed by atoms with Gasteiger partial charge in [0, 0.05) is 40.7 Å². The highest BCUT2D eigenvalue weighted by molar-refractivity contribution is 6.31. The lowest BCUT2D eigenvalue weighted by molar-refractivity contribution is -0.133. The van der Waals surface area contributed by atoms with E-state index in [1.54, 1.807) is 12.1 Å². The van der Waals surface area contributed by atoms with Gasteiger partial charge in [0.1, 0.15) is 17.3 Å². The Morgan fingerprint density at radius 1 is 1.10 bits per heavy atom. The number of fused-ring (bicyclic) bond motifs is 2. The van der Waals surface area contributed by atoms with Crippen LogP contribution in [0.25, 0.3) is 0 Å². The number of nitrogens with one attached hydrogen (secondary N) is 3. The maximum absolute atomic E-state index is 13.6. The first-order valence-corrected chi connectivity index (χ1v) is 13.1. The first kappa shape index (κ1) is 27.8. The average Bonchev–Trinajstić information content (AvgIpc) is 3.36. The lowest BCUT2D eigenvalue weighted by atomic mass is 9.76. The molecule has 210 valence electrons. The van der Waals surface area contributed by atoms with Gasteiger partial charge in [0.15, 0.2) is 12.7 Å². The molecule has 2 bridgehead atoms. The second-order valence-corrected chi connectivity index (χ2v) is 11.1. The first-order chi connectivity index (χ1) is 18.4. The minimum atomic E-state index is -4.42. The molecule has 0 aromatic heterocycles. The van der Waals surface area contributed by atoms with E-state index in [1.807, 2.05) is 0 Å². The van der Waals surface area contributed by atoms with E-state index in [2.05, 4.69) is 16.0 Å². The summed E-state index contributed by atoms with van der Waals surface area (Å²) < 4.78 is 63.4. The lowest BCUT2D eigenvalue weighted by Gasteiger charge is -2.41. The Morgan fingerprint density at radius 3 is 2.59 bits per heavy atom. The van der Waals surface area contributed by atoms with E-state index < -0.39 is 42.1 Å². The van der Waals surface area contributed by atoms with Crippen molar-refractivity contribution in [2.45, 2.75) is 55.6 Å². The normalized spacial score (nSPS) is 27.1. The fraction of sp³-hybridized carbons (Fsp3) is 0.462. The Hall–Kier alpha value is -2.76. The van der Waals surface area contributed by atoms with Gasteiger partial charge in [0.2, 0.25) is 0 Å². The fourth-order valence-electron chi connectivity index (χ4n) is 5.64. The molecule has 2 aromatic rings. The number of carbonyl (C=O) groups excluding carboxylic acids is 2. The molecule has 2 aromatic carbocycles. The average molecular weight is 590 g/mol. The van der Waals surface area contributed by atoms with Crippen LogP contribution in [0.2, 0.25) is 10.0 Å². The number of hydrogen-bond donors (Lipinski definition) is 3. The van der Waals surface area contributed by atoms with E-state index in [9.17, 15) is 27.2 Å². The number of carbonyl (C=O) groups is 2. The second kappa shape index (κ2) is 10.7. The minimum absolute atomic E-state index is 0.00242. The summed E-state index contributed by atoms with van der Waals surface area (Å²) >= 11 is 11.7. The first-order valence-electron chi connectivity index (χ1n) is 12.4. The van der Waals surface area contributed by atoms with Crippen molar-refractivity contribution < 1.29 is 36.6 Å². The van der Waals surface area contributed by atoms with Gasteiger partial charge in [0.05, 0.1) is 11.6 Å². The van der Waals surface area contributed by atoms with E-state index in [0.717, 1.165) is 6.07 Å². The van der Waals surface area contributed by atoms with Gasteiger partial charge in [-0.3, -0.25) is 9.59 Å². The summed E-state index contributed by atoms with van der Waals surface area (Å²) in [4.78, 5) is 25.6. The summed E-state index contributed by atoms with van der Waals surface area (Å²) in [6.45, 7) is -1.53. The molecule has 3 aliphatic carbocycles. The van der Waals surface area contributed by atoms with Crippen molar-refractivity contribution in [3.63, 3.8) is 0 Å². The third kappa shape index (κ3) is 6.36. The van der Waals surface area contributed by atoms with Crippen LogP contribution in [0, 0.1) is 11.7 Å². The van der Waals surface area contributed by atoms with Crippen LogP contribution in [0.15, 0.2) is 36.4 Å². The Bertz CT molecular complexity index is 1270. The summed E-state index contributed by atoms with van der Waals surface area (Å²) in [5.41, 5.74) is -0.0665. The molecule has 0 saturated heterocycles. The zero-order chi connectivity index (χ0) is 27.9. The Kier molecular flexibility index (Phi) is 7.60. The van der Waals surface area contributed by atoms with Crippen molar-refractivity contribution in [1.82, 2.24) is 16.0 Å². The molecule has 3 saturated carbocycles. The molecular formula is C26H25Cl2F4N3O4. The van der Waals surface area contributed by atoms with Crippen molar-refractivity contribution in [3.05, 3.63) is 57.8 Å². The van der Waals surface area contributed by atoms with E-state index in [0.29, 0.717) is 35.6 Å². The SMILES string of the molecule is O=C(COc1ccc(Cl)c(F)c1)NC1CC2(NC(=O)[C@H]3C[C@H](NCC(F)(F)F)c4cc(Cl)ccc4O3)CC1C2. The highest BCUT2D eigenvalue weighted by Crippen LogP contribution is 2.52. The van der Waals surface area contributed by atoms with Gasteiger partial charge in [-0.15, -0.1) is 0 Å². The van der Waals surface area contributed by atoms with E-state index in [1.165, 1.54) is 18.2 Å². The molecule has 4 aliphatic rings. The van der Waals surface area contributed by atoms with Crippen LogP contribution in [0.5, 0.6) is 11.5 Å². The zero-order valence-corrected chi connectivity index (χ0v) is 21.9. The van der Waals surface area contributed by atoms with Crippen LogP contribution in [0.4, 0.5) is 17.6 Å². The molecule has 6 rings (SSSR count). The van der Waals surface area contributed by atoms with Gasteiger partial charge in [-0.05, 0) is 55.5 Å². The number of rotatable bonds is 8. The summed E-state index contributed by atoms with van der Waals surface area (Å²) in [6, 6.07) is 7.55. The van der Waals surface area contributed by atoms with Crippen LogP contribution in [0.3, 0.4) is 0 Å². The van der Waals surface area contributed by atoms with Crippen molar-refractivity contribution >= 4 is 35.0 Å². The molecule has 3 N–H and O–H groups in total. The predicted molar refractivity (Wildman–Crippen MR) is 134 cm³/mol. The van der Waals surface area contributed by atoms with Gasteiger partial charge >= 0.3 is 6.18 Å². The fourth-order valence-corrected chi connectivity index (χ4v) is 5.94. The third-order valence-electron chi connectivity index (χ3n) is 7.39. The van der Waals surface area contributed by atoms with Gasteiger partial charge in [-0.25, -0.2) is 4.39 Å². The van der Waals surface area contributed by atoms with E-state index in [-0.39, 0.29) is 41.7 Å². The number of halogens is 6. The summed E-state index contributed by atoms with van der Waals surface area (Å²) in [5.74, 6) is -0.821. The standard InChI is InChI=1S/C26H25Cl2F4N3O4/c27-14-1-4-21-16(5-14)19(33-12-26(30,31)32)7-22(39-21)24(37)35-25-8-13(9-25)20(10-25)34-23(36)11-38-15-2-3-17(28)18(29)6-15/h1-6,13,19-20,22,33H,7-12H2,(H,34,36)(H,35,37)/t13?,19-,20?,22+,25?/m0/s1. The lowest BCUT2D eigenvalue weighted by Crippen LogP contribution is -2.56. The Balaban J connectivity index is 1.16. The number of alkyl halides is 3. The van der Waals surface area contributed by atoms with Crippen LogP contribution in [0.1, 0.15) is 37.3 Å². The molecule has 3 atom stereocenters. The van der Waals surface area contributed by atoms with Crippen molar-refractivity contribution in [1.29, 1.82) is 0 Å². The van der Waals surface area contributed by atoms with Gasteiger partial charge in [-0.2, -0.15) is 13.2 Å². The molecule has 1 unspecified atom stereocenters. The topological polar surface area (TPSA) is 88.7 Å². The van der Waals surface area contributed by atoms with Crippen LogP contribution >= 0.6 is 23.2 Å². The highest BCUT2D eigenvalue weighted by Gasteiger charge is 2.57. The van der Waals surface area contributed by atoms with Crippen LogP contribution in [-0.2, 0) is 9.59 Å². The van der Waals surface area contributed by atoms with Crippen molar-refractivity contribution in [3.8, 4) is 11.5 Å². The molecule has 1 aliphatic heterocycles. The quantitative estimate of drug-likeness (QED) is 0.388. The third-order valence-corrected chi connectivity index (χ3v) is 7.93. The monoisotopic (exact) mass is 589 g/mol. The van der Waals surface area contributed by atoms with Gasteiger partial charge < -0.3 is 25.4 Å². The van der Waals surface area contributed by atoms with Crippen LogP contribution in [-0.4, -0.2) is 48.8 Å². The van der Waals surface area contributed by atoms with Gasteiger partial charge in [-0.1, -0.05) is 23.2 Å². The maximum Gasteiger partial charge on any atom is 0.401 e. The molecule has 3 fully saturated rings.